The highest BCUT2D eigenvalue weighted by Crippen LogP contribution is 2.37. The van der Waals surface area contributed by atoms with Crippen LogP contribution in [-0.4, -0.2) is 38.6 Å². The van der Waals surface area contributed by atoms with Gasteiger partial charge in [0.05, 0.1) is 9.82 Å². The number of sulfone groups is 1. The zero-order valence-corrected chi connectivity index (χ0v) is 15.2. The van der Waals surface area contributed by atoms with Gasteiger partial charge in [-0.15, -0.1) is 0 Å². The molecule has 1 saturated carbocycles. The van der Waals surface area contributed by atoms with E-state index in [9.17, 15) is 23.3 Å². The molecule has 1 fully saturated rings. The Bertz CT molecular complexity index is 770. The summed E-state index contributed by atoms with van der Waals surface area (Å²) in [4.78, 5) is 22.6. The van der Waals surface area contributed by atoms with Crippen LogP contribution in [0.3, 0.4) is 0 Å². The molecule has 1 amide bonds. The average Bonchev–Trinajstić information content (AvgIpc) is 2.98. The summed E-state index contributed by atoms with van der Waals surface area (Å²) >= 11 is 0. The topological polar surface area (TPSA) is 118 Å². The number of amides is 1. The molecule has 0 unspecified atom stereocenters. The highest BCUT2D eigenvalue weighted by atomic mass is 32.2. The Hall–Kier alpha value is -2.16. The van der Waals surface area contributed by atoms with E-state index < -0.39 is 14.8 Å². The van der Waals surface area contributed by atoms with Crippen molar-refractivity contribution in [3.63, 3.8) is 0 Å². The van der Waals surface area contributed by atoms with Crippen LogP contribution in [0, 0.1) is 15.5 Å². The predicted molar refractivity (Wildman–Crippen MR) is 94.3 cm³/mol. The second-order valence-corrected chi connectivity index (χ2v) is 8.67. The Kier molecular flexibility index (Phi) is 5.66. The maximum absolute atomic E-state index is 12.2. The van der Waals surface area contributed by atoms with Crippen molar-refractivity contribution in [3.8, 4) is 0 Å². The summed E-state index contributed by atoms with van der Waals surface area (Å²) in [5.74, 6) is 0.00808. The molecule has 0 spiro atoms. The summed E-state index contributed by atoms with van der Waals surface area (Å²) in [6.45, 7) is 2.60. The summed E-state index contributed by atoms with van der Waals surface area (Å²) < 4.78 is 23.0. The molecule has 2 N–H and O–H groups in total. The first-order chi connectivity index (χ1) is 11.6. The van der Waals surface area contributed by atoms with Crippen LogP contribution < -0.4 is 10.6 Å². The number of benzene rings is 1. The van der Waals surface area contributed by atoms with Crippen molar-refractivity contribution in [2.75, 3.05) is 24.7 Å². The fourth-order valence-corrected chi connectivity index (χ4v) is 3.65. The molecule has 0 aromatic heterocycles. The molecule has 0 aliphatic heterocycles. The largest absolute Gasteiger partial charge is 0.378 e. The van der Waals surface area contributed by atoms with Crippen molar-refractivity contribution in [1.82, 2.24) is 5.32 Å². The molecule has 1 aliphatic carbocycles. The summed E-state index contributed by atoms with van der Waals surface area (Å²) in [7, 11) is -3.52. The van der Waals surface area contributed by atoms with Crippen LogP contribution in [0.25, 0.3) is 0 Å². The van der Waals surface area contributed by atoms with Gasteiger partial charge in [-0.25, -0.2) is 8.42 Å². The van der Waals surface area contributed by atoms with Crippen molar-refractivity contribution in [2.45, 2.75) is 37.5 Å². The summed E-state index contributed by atoms with van der Waals surface area (Å²) in [6, 6.07) is 3.73. The monoisotopic (exact) mass is 369 g/mol. The number of nitrogens with zero attached hydrogens (tertiary/aromatic N) is 1. The molecule has 1 aromatic rings. The van der Waals surface area contributed by atoms with E-state index in [2.05, 4.69) is 10.6 Å². The predicted octanol–water partition coefficient (Wildman–Crippen LogP) is 2.11. The van der Waals surface area contributed by atoms with Crippen molar-refractivity contribution >= 4 is 27.1 Å². The van der Waals surface area contributed by atoms with Gasteiger partial charge in [0, 0.05) is 30.8 Å². The maximum atomic E-state index is 12.2. The van der Waals surface area contributed by atoms with Crippen molar-refractivity contribution < 1.29 is 18.1 Å². The van der Waals surface area contributed by atoms with E-state index in [1.54, 1.807) is 0 Å². The van der Waals surface area contributed by atoms with Gasteiger partial charge in [-0.1, -0.05) is 19.8 Å². The Morgan fingerprint density at radius 1 is 1.28 bits per heavy atom. The number of anilines is 1. The van der Waals surface area contributed by atoms with E-state index in [4.69, 9.17) is 0 Å². The van der Waals surface area contributed by atoms with E-state index in [0.29, 0.717) is 13.1 Å². The number of carbonyl (C=O) groups is 1. The van der Waals surface area contributed by atoms with E-state index in [1.807, 2.05) is 6.92 Å². The van der Waals surface area contributed by atoms with Gasteiger partial charge in [0.25, 0.3) is 5.69 Å². The van der Waals surface area contributed by atoms with Crippen LogP contribution in [-0.2, 0) is 14.6 Å². The molecule has 1 aliphatic rings. The third-order valence-corrected chi connectivity index (χ3v) is 5.69. The molecule has 1 aromatic carbocycles. The minimum absolute atomic E-state index is 0.00808. The first-order valence-electron chi connectivity index (χ1n) is 8.14. The number of hydrogen-bond acceptors (Lipinski definition) is 6. The molecule has 2 rings (SSSR count). The highest BCUT2D eigenvalue weighted by molar-refractivity contribution is 7.90. The lowest BCUT2D eigenvalue weighted by atomic mass is 9.88. The highest BCUT2D eigenvalue weighted by Gasteiger charge is 2.35. The van der Waals surface area contributed by atoms with Gasteiger partial charge < -0.3 is 10.6 Å². The number of hydrogen-bond donors (Lipinski definition) is 2. The quantitative estimate of drug-likeness (QED) is 0.432. The molecule has 0 bridgehead atoms. The SMILES string of the molecule is CC1(C(=O)NCCNc2ccc(S(C)(=O)=O)cc2[N+](=O)[O-])CCCC1. The van der Waals surface area contributed by atoms with E-state index in [-0.39, 0.29) is 27.6 Å². The lowest BCUT2D eigenvalue weighted by molar-refractivity contribution is -0.384. The van der Waals surface area contributed by atoms with Crippen LogP contribution in [0.2, 0.25) is 0 Å². The minimum Gasteiger partial charge on any atom is -0.378 e. The Balaban J connectivity index is 1.96. The van der Waals surface area contributed by atoms with Gasteiger partial charge in [-0.05, 0) is 25.0 Å². The molecule has 9 heteroatoms. The molecular weight excluding hydrogens is 346 g/mol. The van der Waals surface area contributed by atoms with Gasteiger partial charge in [0.1, 0.15) is 5.69 Å². The van der Waals surface area contributed by atoms with Crippen LogP contribution in [0.15, 0.2) is 23.1 Å². The zero-order chi connectivity index (χ0) is 18.7. The zero-order valence-electron chi connectivity index (χ0n) is 14.4. The van der Waals surface area contributed by atoms with E-state index >= 15 is 0 Å². The maximum Gasteiger partial charge on any atom is 0.293 e. The number of rotatable bonds is 7. The molecule has 138 valence electrons. The minimum atomic E-state index is -3.52. The van der Waals surface area contributed by atoms with Gasteiger partial charge in [-0.2, -0.15) is 0 Å². The fourth-order valence-electron chi connectivity index (χ4n) is 3.01. The van der Waals surface area contributed by atoms with Crippen LogP contribution in [0.1, 0.15) is 32.6 Å². The second kappa shape index (κ2) is 7.38. The van der Waals surface area contributed by atoms with E-state index in [1.165, 1.54) is 12.1 Å². The van der Waals surface area contributed by atoms with Crippen molar-refractivity contribution in [1.29, 1.82) is 0 Å². The average molecular weight is 369 g/mol. The third-order valence-electron chi connectivity index (χ3n) is 4.58. The molecule has 0 saturated heterocycles. The summed E-state index contributed by atoms with van der Waals surface area (Å²) in [5, 5.41) is 16.9. The lowest BCUT2D eigenvalue weighted by Gasteiger charge is -2.22. The first-order valence-corrected chi connectivity index (χ1v) is 10.0. The lowest BCUT2D eigenvalue weighted by Crippen LogP contribution is -2.39. The smallest absolute Gasteiger partial charge is 0.293 e. The van der Waals surface area contributed by atoms with Gasteiger partial charge in [-0.3, -0.25) is 14.9 Å². The number of nitro benzene ring substituents is 1. The Morgan fingerprint density at radius 3 is 2.48 bits per heavy atom. The molecular formula is C16H23N3O5S. The van der Waals surface area contributed by atoms with E-state index in [0.717, 1.165) is 38.0 Å². The molecule has 0 heterocycles. The summed E-state index contributed by atoms with van der Waals surface area (Å²) in [6.07, 6.45) is 4.87. The second-order valence-electron chi connectivity index (χ2n) is 6.66. The molecule has 0 radical (unpaired) electrons. The van der Waals surface area contributed by atoms with Gasteiger partial charge >= 0.3 is 0 Å². The van der Waals surface area contributed by atoms with Gasteiger partial charge in [0.2, 0.25) is 5.91 Å². The normalized spacial score (nSPS) is 16.4. The molecule has 0 atom stereocenters. The number of nitro groups is 1. The number of carbonyl (C=O) groups excluding carboxylic acids is 1. The van der Waals surface area contributed by atoms with Crippen molar-refractivity contribution in [2.24, 2.45) is 5.41 Å². The summed E-state index contributed by atoms with van der Waals surface area (Å²) in [5.41, 5.74) is -0.404. The van der Waals surface area contributed by atoms with Crippen molar-refractivity contribution in [3.05, 3.63) is 28.3 Å². The van der Waals surface area contributed by atoms with Gasteiger partial charge in [0.15, 0.2) is 9.84 Å². The Labute approximate surface area is 147 Å². The fraction of sp³-hybridized carbons (Fsp3) is 0.562. The van der Waals surface area contributed by atoms with Crippen LogP contribution in [0.5, 0.6) is 0 Å². The third kappa shape index (κ3) is 4.68. The first kappa shape index (κ1) is 19.2. The molecule has 25 heavy (non-hydrogen) atoms. The van der Waals surface area contributed by atoms with Crippen LogP contribution in [0.4, 0.5) is 11.4 Å². The number of nitrogens with one attached hydrogen (secondary N) is 2. The Morgan fingerprint density at radius 2 is 1.92 bits per heavy atom. The standard InChI is InChI=1S/C16H23N3O5S/c1-16(7-3-4-8-16)15(20)18-10-9-17-13-6-5-12(25(2,23)24)11-14(13)19(21)22/h5-6,11,17H,3-4,7-10H2,1-2H3,(H,18,20). The molecule has 8 nitrogen and oxygen atoms in total. The van der Waals surface area contributed by atoms with Crippen LogP contribution >= 0.6 is 0 Å².